The van der Waals surface area contributed by atoms with Gasteiger partial charge < -0.3 is 9.88 Å². The third kappa shape index (κ3) is 1.83. The van der Waals surface area contributed by atoms with E-state index in [0.29, 0.717) is 12.0 Å². The van der Waals surface area contributed by atoms with E-state index in [0.717, 1.165) is 18.6 Å². The molecule has 18 heavy (non-hydrogen) atoms. The van der Waals surface area contributed by atoms with Crippen LogP contribution in [0.5, 0.6) is 0 Å². The van der Waals surface area contributed by atoms with E-state index in [1.165, 1.54) is 23.3 Å². The Hall–Kier alpha value is -1.35. The molecule has 1 fully saturated rings. The molecule has 3 rings (SSSR count). The maximum absolute atomic E-state index is 4.90. The maximum Gasteiger partial charge on any atom is 0.114 e. The van der Waals surface area contributed by atoms with Crippen molar-refractivity contribution in [3.05, 3.63) is 29.6 Å². The predicted octanol–water partition coefficient (Wildman–Crippen LogP) is 3.00. The van der Waals surface area contributed by atoms with Crippen molar-refractivity contribution in [2.45, 2.75) is 39.2 Å². The van der Waals surface area contributed by atoms with Crippen LogP contribution in [-0.4, -0.2) is 22.6 Å². The van der Waals surface area contributed by atoms with Crippen molar-refractivity contribution in [3.63, 3.8) is 0 Å². The Morgan fingerprint density at radius 1 is 1.39 bits per heavy atom. The van der Waals surface area contributed by atoms with Crippen LogP contribution in [0, 0.1) is 6.92 Å². The highest BCUT2D eigenvalue weighted by molar-refractivity contribution is 5.77. The summed E-state index contributed by atoms with van der Waals surface area (Å²) in [5.41, 5.74) is 3.70. The molecule has 0 spiro atoms. The summed E-state index contributed by atoms with van der Waals surface area (Å²) in [7, 11) is 0. The molecule has 0 saturated carbocycles. The average Bonchev–Trinajstić information content (AvgIpc) is 2.93. The average molecular weight is 243 g/mol. The lowest BCUT2D eigenvalue weighted by Gasteiger charge is -2.16. The van der Waals surface area contributed by atoms with Crippen molar-refractivity contribution in [1.29, 1.82) is 0 Å². The second-order valence-corrected chi connectivity index (χ2v) is 5.62. The number of nitrogens with zero attached hydrogens (tertiary/aromatic N) is 2. The van der Waals surface area contributed by atoms with Crippen molar-refractivity contribution in [3.8, 4) is 0 Å². The summed E-state index contributed by atoms with van der Waals surface area (Å²) < 4.78 is 2.41. The van der Waals surface area contributed by atoms with Gasteiger partial charge in [-0.15, -0.1) is 0 Å². The number of hydrogen-bond donors (Lipinski definition) is 1. The predicted molar refractivity (Wildman–Crippen MR) is 75.1 cm³/mol. The highest BCUT2D eigenvalue weighted by Gasteiger charge is 2.24. The number of aromatic nitrogens is 2. The second-order valence-electron chi connectivity index (χ2n) is 5.62. The van der Waals surface area contributed by atoms with E-state index in [1.807, 2.05) is 0 Å². The fourth-order valence-electron chi connectivity index (χ4n) is 2.93. The molecule has 2 aromatic rings. The van der Waals surface area contributed by atoms with Crippen LogP contribution in [-0.2, 0) is 0 Å². The van der Waals surface area contributed by atoms with Gasteiger partial charge in [-0.3, -0.25) is 0 Å². The Kier molecular flexibility index (Phi) is 2.86. The van der Waals surface area contributed by atoms with Crippen LogP contribution in [0.25, 0.3) is 11.0 Å². The highest BCUT2D eigenvalue weighted by atomic mass is 15.1. The first-order valence-electron chi connectivity index (χ1n) is 6.86. The highest BCUT2D eigenvalue weighted by Crippen LogP contribution is 2.29. The van der Waals surface area contributed by atoms with Crippen molar-refractivity contribution in [1.82, 2.24) is 14.9 Å². The number of imidazole rings is 1. The summed E-state index contributed by atoms with van der Waals surface area (Å²) in [6.07, 6.45) is 1.20. The van der Waals surface area contributed by atoms with Gasteiger partial charge in [-0.2, -0.15) is 0 Å². The minimum atomic E-state index is 0.466. The van der Waals surface area contributed by atoms with Crippen LogP contribution in [0.1, 0.15) is 43.6 Å². The van der Waals surface area contributed by atoms with Crippen LogP contribution < -0.4 is 5.32 Å². The Morgan fingerprint density at radius 3 is 2.89 bits per heavy atom. The normalized spacial score (nSPS) is 20.1. The molecule has 0 amide bonds. The molecule has 1 saturated heterocycles. The largest absolute Gasteiger partial charge is 0.325 e. The zero-order chi connectivity index (χ0) is 12.7. The molecule has 2 heterocycles. The smallest absolute Gasteiger partial charge is 0.114 e. The third-order valence-corrected chi connectivity index (χ3v) is 3.81. The Bertz CT molecular complexity index is 562. The van der Waals surface area contributed by atoms with Gasteiger partial charge in [-0.25, -0.2) is 4.98 Å². The molecule has 0 radical (unpaired) electrons. The Labute approximate surface area is 108 Å². The summed E-state index contributed by atoms with van der Waals surface area (Å²) in [4.78, 5) is 4.90. The number of fused-ring (bicyclic) bond motifs is 1. The molecule has 0 aliphatic carbocycles. The fourth-order valence-corrected chi connectivity index (χ4v) is 2.93. The van der Waals surface area contributed by atoms with Gasteiger partial charge in [0.25, 0.3) is 0 Å². The maximum atomic E-state index is 4.90. The topological polar surface area (TPSA) is 29.9 Å². The molecule has 1 aromatic heterocycles. The van der Waals surface area contributed by atoms with Gasteiger partial charge in [0.2, 0.25) is 0 Å². The number of nitrogens with one attached hydrogen (secondary N) is 1. The van der Waals surface area contributed by atoms with Crippen LogP contribution in [0.15, 0.2) is 18.2 Å². The van der Waals surface area contributed by atoms with E-state index < -0.39 is 0 Å². The van der Waals surface area contributed by atoms with Crippen LogP contribution >= 0.6 is 0 Å². The van der Waals surface area contributed by atoms with Crippen LogP contribution in [0.4, 0.5) is 0 Å². The van der Waals surface area contributed by atoms with E-state index in [9.17, 15) is 0 Å². The molecule has 1 atom stereocenters. The molecular weight excluding hydrogens is 222 g/mol. The monoisotopic (exact) mass is 243 g/mol. The van der Waals surface area contributed by atoms with Crippen molar-refractivity contribution in [2.75, 3.05) is 13.1 Å². The molecule has 1 N–H and O–H groups in total. The Balaban J connectivity index is 2.19. The lowest BCUT2D eigenvalue weighted by atomic mass is 10.1. The van der Waals surface area contributed by atoms with Gasteiger partial charge >= 0.3 is 0 Å². The summed E-state index contributed by atoms with van der Waals surface area (Å²) in [6, 6.07) is 7.05. The zero-order valence-corrected chi connectivity index (χ0v) is 11.4. The fraction of sp³-hybridized carbons (Fsp3) is 0.533. The van der Waals surface area contributed by atoms with Gasteiger partial charge in [-0.05, 0) is 51.4 Å². The lowest BCUT2D eigenvalue weighted by Crippen LogP contribution is -2.14. The molecule has 1 unspecified atom stereocenters. The van der Waals surface area contributed by atoms with Gasteiger partial charge in [0.05, 0.1) is 11.0 Å². The van der Waals surface area contributed by atoms with E-state index >= 15 is 0 Å². The van der Waals surface area contributed by atoms with Gasteiger partial charge in [0.1, 0.15) is 5.82 Å². The molecule has 3 nitrogen and oxygen atoms in total. The summed E-state index contributed by atoms with van der Waals surface area (Å²) in [5, 5.41) is 3.44. The number of rotatable bonds is 2. The molecule has 3 heteroatoms. The molecule has 1 aliphatic heterocycles. The molecule has 0 bridgehead atoms. The van der Waals surface area contributed by atoms with E-state index in [2.05, 4.69) is 48.9 Å². The summed E-state index contributed by atoms with van der Waals surface area (Å²) in [5.74, 6) is 1.83. The van der Waals surface area contributed by atoms with E-state index in [1.54, 1.807) is 0 Å². The summed E-state index contributed by atoms with van der Waals surface area (Å²) >= 11 is 0. The van der Waals surface area contributed by atoms with E-state index in [4.69, 9.17) is 4.98 Å². The number of hydrogen-bond acceptors (Lipinski definition) is 2. The number of aryl methyl sites for hydroxylation is 1. The second kappa shape index (κ2) is 4.39. The first kappa shape index (κ1) is 11.7. The summed E-state index contributed by atoms with van der Waals surface area (Å²) in [6.45, 7) is 8.80. The third-order valence-electron chi connectivity index (χ3n) is 3.81. The van der Waals surface area contributed by atoms with Crippen molar-refractivity contribution >= 4 is 11.0 Å². The Morgan fingerprint density at radius 2 is 2.22 bits per heavy atom. The van der Waals surface area contributed by atoms with Gasteiger partial charge in [0, 0.05) is 18.5 Å². The molecule has 1 aliphatic rings. The number of benzene rings is 1. The van der Waals surface area contributed by atoms with E-state index in [-0.39, 0.29) is 0 Å². The van der Waals surface area contributed by atoms with Crippen molar-refractivity contribution < 1.29 is 0 Å². The zero-order valence-electron chi connectivity index (χ0n) is 11.4. The van der Waals surface area contributed by atoms with Crippen LogP contribution in [0.3, 0.4) is 0 Å². The SMILES string of the molecule is Cc1ccc2c(c1)nc(C1CCNC1)n2C(C)C. The van der Waals surface area contributed by atoms with Gasteiger partial charge in [-0.1, -0.05) is 6.07 Å². The lowest BCUT2D eigenvalue weighted by molar-refractivity contribution is 0.550. The minimum absolute atomic E-state index is 0.466. The van der Waals surface area contributed by atoms with Crippen LogP contribution in [0.2, 0.25) is 0 Å². The van der Waals surface area contributed by atoms with Crippen molar-refractivity contribution in [2.24, 2.45) is 0 Å². The quantitative estimate of drug-likeness (QED) is 0.878. The molecular formula is C15H21N3. The molecule has 1 aromatic carbocycles. The standard InChI is InChI=1S/C15H21N3/c1-10(2)18-14-5-4-11(3)8-13(14)17-15(18)12-6-7-16-9-12/h4-5,8,10,12,16H,6-7,9H2,1-3H3. The minimum Gasteiger partial charge on any atom is -0.325 e. The first-order chi connectivity index (χ1) is 8.66. The molecule has 96 valence electrons. The first-order valence-corrected chi connectivity index (χ1v) is 6.86. The van der Waals surface area contributed by atoms with Gasteiger partial charge in [0.15, 0.2) is 0 Å².